The van der Waals surface area contributed by atoms with Gasteiger partial charge in [-0.3, -0.25) is 9.20 Å². The number of sulfonamides is 1. The number of amides is 1. The molecular formula is C23H27F2N7O5S2. The van der Waals surface area contributed by atoms with E-state index in [0.29, 0.717) is 42.3 Å². The summed E-state index contributed by atoms with van der Waals surface area (Å²) in [6.07, 6.45) is 0.852. The van der Waals surface area contributed by atoms with E-state index in [1.165, 1.54) is 16.8 Å². The highest BCUT2D eigenvalue weighted by molar-refractivity contribution is 7.89. The number of aromatic nitrogens is 4. The summed E-state index contributed by atoms with van der Waals surface area (Å²) in [4.78, 5) is 21.0. The number of halogens is 2. The van der Waals surface area contributed by atoms with Crippen LogP contribution >= 0.6 is 11.3 Å². The molecule has 1 saturated carbocycles. The molecule has 1 N–H and O–H groups in total. The number of pyridine rings is 1. The summed E-state index contributed by atoms with van der Waals surface area (Å²) in [6, 6.07) is 1.55. The second-order valence-corrected chi connectivity index (χ2v) is 12.9. The van der Waals surface area contributed by atoms with Crippen LogP contribution in [0.5, 0.6) is 0 Å². The van der Waals surface area contributed by atoms with Crippen molar-refractivity contribution in [3.8, 4) is 10.8 Å². The molecule has 5 heterocycles. The third-order valence-electron chi connectivity index (χ3n) is 7.30. The van der Waals surface area contributed by atoms with E-state index in [9.17, 15) is 22.0 Å². The Morgan fingerprint density at radius 3 is 2.72 bits per heavy atom. The first-order valence-electron chi connectivity index (χ1n) is 12.4. The fraction of sp³-hybridized carbons (Fsp3) is 0.565. The van der Waals surface area contributed by atoms with Crippen molar-refractivity contribution in [2.75, 3.05) is 44.9 Å². The molecule has 0 spiro atoms. The highest BCUT2D eigenvalue weighted by Gasteiger charge is 2.42. The van der Waals surface area contributed by atoms with Gasteiger partial charge in [-0.2, -0.15) is 0 Å². The number of rotatable bonds is 8. The number of nitrogens with one attached hydrogen (secondary N) is 1. The quantitative estimate of drug-likeness (QED) is 0.421. The Bertz CT molecular complexity index is 1520. The Hall–Kier alpha value is -2.79. The van der Waals surface area contributed by atoms with Gasteiger partial charge in [0.15, 0.2) is 21.9 Å². The predicted molar refractivity (Wildman–Crippen MR) is 136 cm³/mol. The number of imidazole rings is 1. The molecule has 0 bridgehead atoms. The van der Waals surface area contributed by atoms with Gasteiger partial charge in [0.2, 0.25) is 10.0 Å². The Kier molecular flexibility index (Phi) is 6.57. The monoisotopic (exact) mass is 583 g/mol. The number of morpholine rings is 1. The Morgan fingerprint density at radius 2 is 2.08 bits per heavy atom. The lowest BCUT2D eigenvalue weighted by Crippen LogP contribution is -2.56. The van der Waals surface area contributed by atoms with Crippen LogP contribution in [-0.2, 0) is 24.3 Å². The molecule has 2 aliphatic heterocycles. The van der Waals surface area contributed by atoms with Crippen molar-refractivity contribution < 1.29 is 31.5 Å². The molecule has 6 rings (SSSR count). The van der Waals surface area contributed by atoms with Crippen molar-refractivity contribution in [1.29, 1.82) is 0 Å². The van der Waals surface area contributed by atoms with Crippen LogP contribution in [0.3, 0.4) is 0 Å². The molecule has 12 nitrogen and oxygen atoms in total. The van der Waals surface area contributed by atoms with Crippen LogP contribution < -0.4 is 9.62 Å². The number of alkyl halides is 2. The topological polar surface area (TPSA) is 131 Å². The molecule has 0 unspecified atom stereocenters. The number of carbonyl (C=O) groups excluding carboxylic acids is 1. The summed E-state index contributed by atoms with van der Waals surface area (Å²) in [5.41, 5.74) is 0.541. The molecular weight excluding hydrogens is 556 g/mol. The van der Waals surface area contributed by atoms with Gasteiger partial charge in [-0.1, -0.05) is 11.3 Å². The molecule has 3 fully saturated rings. The first kappa shape index (κ1) is 26.4. The van der Waals surface area contributed by atoms with Crippen molar-refractivity contribution in [2.45, 2.75) is 48.8 Å². The molecule has 1 aliphatic carbocycles. The number of nitrogens with zero attached hydrogens (tertiary/aromatic N) is 6. The second-order valence-electron chi connectivity index (χ2n) is 10.3. The smallest absolute Gasteiger partial charge is 0.291 e. The average molecular weight is 584 g/mol. The van der Waals surface area contributed by atoms with Gasteiger partial charge >= 0.3 is 0 Å². The fourth-order valence-corrected chi connectivity index (χ4v) is 6.74. The summed E-state index contributed by atoms with van der Waals surface area (Å²) in [5.74, 6) is 0.00893. The van der Waals surface area contributed by atoms with Gasteiger partial charge in [0.25, 0.3) is 12.3 Å². The largest absolute Gasteiger partial charge is 0.377 e. The molecule has 1 amide bonds. The maximum atomic E-state index is 13.4. The van der Waals surface area contributed by atoms with Gasteiger partial charge < -0.3 is 19.3 Å². The van der Waals surface area contributed by atoms with Crippen LogP contribution in [0.4, 0.5) is 14.5 Å². The van der Waals surface area contributed by atoms with E-state index < -0.39 is 33.1 Å². The van der Waals surface area contributed by atoms with E-state index in [1.807, 2.05) is 11.8 Å². The maximum Gasteiger partial charge on any atom is 0.291 e. The molecule has 16 heteroatoms. The number of anilines is 1. The fourth-order valence-electron chi connectivity index (χ4n) is 4.57. The molecule has 0 radical (unpaired) electrons. The average Bonchev–Trinajstić information content (AvgIpc) is 3.23. The Morgan fingerprint density at radius 1 is 1.31 bits per heavy atom. The third-order valence-corrected chi connectivity index (χ3v) is 9.83. The van der Waals surface area contributed by atoms with Gasteiger partial charge in [0.1, 0.15) is 4.90 Å². The van der Waals surface area contributed by atoms with Crippen molar-refractivity contribution in [3.63, 3.8) is 0 Å². The summed E-state index contributed by atoms with van der Waals surface area (Å²) in [7, 11) is -2.23. The SMILES string of the molecule is CN(C(=O)[C@@H]1CN(c2cc(S(=O)(=O)NC3(C)CC3)cn3c(-c4nnc(C(F)F)s4)ncc23)CCO1)C1COC1. The number of ether oxygens (including phenoxy) is 2. The van der Waals surface area contributed by atoms with Gasteiger partial charge in [-0.15, -0.1) is 10.2 Å². The predicted octanol–water partition coefficient (Wildman–Crippen LogP) is 1.68. The van der Waals surface area contributed by atoms with Crippen LogP contribution in [-0.4, -0.2) is 96.4 Å². The van der Waals surface area contributed by atoms with Gasteiger partial charge in [-0.25, -0.2) is 26.9 Å². The lowest BCUT2D eigenvalue weighted by molar-refractivity contribution is -0.154. The Labute approximate surface area is 227 Å². The number of hydrogen-bond donors (Lipinski definition) is 1. The highest BCUT2D eigenvalue weighted by atomic mass is 32.2. The minimum Gasteiger partial charge on any atom is -0.377 e. The van der Waals surface area contributed by atoms with Crippen LogP contribution in [0.25, 0.3) is 16.3 Å². The number of likely N-dealkylation sites (N-methyl/N-ethyl adjacent to an activating group) is 1. The normalized spacial score (nSPS) is 21.4. The standard InChI is InChI=1S/C23H27F2N7O5S2/c1-23(3-4-23)29-39(34,35)14-7-15(31-5-6-37-17(10-31)22(33)30(2)13-11-36-12-13)16-8-26-19(32(16)9-14)21-28-27-20(38-21)18(24)25/h7-9,13,17-18,29H,3-6,10-12H2,1-2H3/t17-/m0/s1. The zero-order valence-corrected chi connectivity index (χ0v) is 22.8. The van der Waals surface area contributed by atoms with E-state index in [0.717, 1.165) is 12.8 Å². The zero-order chi connectivity index (χ0) is 27.5. The first-order valence-corrected chi connectivity index (χ1v) is 14.7. The van der Waals surface area contributed by atoms with E-state index in [1.54, 1.807) is 18.0 Å². The van der Waals surface area contributed by atoms with Crippen LogP contribution in [0.15, 0.2) is 23.4 Å². The lowest BCUT2D eigenvalue weighted by atomic mass is 10.1. The molecule has 3 aliphatic rings. The van der Waals surface area contributed by atoms with Gasteiger partial charge in [0.05, 0.1) is 49.8 Å². The van der Waals surface area contributed by atoms with Gasteiger partial charge in [0, 0.05) is 25.3 Å². The summed E-state index contributed by atoms with van der Waals surface area (Å²) in [6.45, 7) is 3.63. The van der Waals surface area contributed by atoms with Gasteiger partial charge in [-0.05, 0) is 25.8 Å². The molecule has 39 heavy (non-hydrogen) atoms. The van der Waals surface area contributed by atoms with Crippen molar-refractivity contribution in [1.82, 2.24) is 29.2 Å². The third kappa shape index (κ3) is 4.99. The summed E-state index contributed by atoms with van der Waals surface area (Å²) < 4.78 is 68.5. The lowest BCUT2D eigenvalue weighted by Gasteiger charge is -2.39. The van der Waals surface area contributed by atoms with E-state index >= 15 is 0 Å². The Balaban J connectivity index is 1.40. The molecule has 3 aromatic rings. The molecule has 2 saturated heterocycles. The van der Waals surface area contributed by atoms with E-state index in [4.69, 9.17) is 9.47 Å². The zero-order valence-electron chi connectivity index (χ0n) is 21.2. The van der Waals surface area contributed by atoms with E-state index in [-0.39, 0.29) is 40.8 Å². The van der Waals surface area contributed by atoms with Crippen LogP contribution in [0.1, 0.15) is 31.2 Å². The van der Waals surface area contributed by atoms with E-state index in [2.05, 4.69) is 19.9 Å². The minimum absolute atomic E-state index is 0.00561. The summed E-state index contributed by atoms with van der Waals surface area (Å²) >= 11 is 0.692. The highest BCUT2D eigenvalue weighted by Crippen LogP contribution is 2.38. The molecule has 1 atom stereocenters. The molecule has 0 aromatic carbocycles. The van der Waals surface area contributed by atoms with Crippen LogP contribution in [0.2, 0.25) is 0 Å². The maximum absolute atomic E-state index is 13.4. The van der Waals surface area contributed by atoms with Crippen molar-refractivity contribution in [3.05, 3.63) is 23.5 Å². The first-order chi connectivity index (χ1) is 18.5. The van der Waals surface area contributed by atoms with Crippen molar-refractivity contribution >= 4 is 38.5 Å². The number of hydrogen-bond acceptors (Lipinski definition) is 10. The number of carbonyl (C=O) groups is 1. The summed E-state index contributed by atoms with van der Waals surface area (Å²) in [5, 5.41) is 7.09. The van der Waals surface area contributed by atoms with Crippen LogP contribution in [0, 0.1) is 0 Å². The number of fused-ring (bicyclic) bond motifs is 1. The second kappa shape index (κ2) is 9.69. The van der Waals surface area contributed by atoms with Crippen molar-refractivity contribution in [2.24, 2.45) is 0 Å². The molecule has 210 valence electrons. The minimum atomic E-state index is -3.94. The molecule has 3 aromatic heterocycles.